The number of nitrogens with zero attached hydrogens (tertiary/aromatic N) is 3. The molecule has 1 atom stereocenters. The van der Waals surface area contributed by atoms with Gasteiger partial charge in [0.05, 0.1) is 6.04 Å². The third kappa shape index (κ3) is 2.85. The second kappa shape index (κ2) is 5.73. The Kier molecular flexibility index (Phi) is 3.79. The molecule has 108 valence electrons. The molecule has 3 aromatic rings. The van der Waals surface area contributed by atoms with E-state index in [0.717, 1.165) is 27.5 Å². The van der Waals surface area contributed by atoms with E-state index in [1.54, 1.807) is 6.33 Å². The predicted octanol–water partition coefficient (Wildman–Crippen LogP) is 4.01. The monoisotopic (exact) mass is 346 g/mol. The van der Waals surface area contributed by atoms with Crippen LogP contribution in [0.15, 0.2) is 51.8 Å². The molecule has 0 bridgehead atoms. The fourth-order valence-electron chi connectivity index (χ4n) is 2.20. The lowest BCUT2D eigenvalue weighted by molar-refractivity contribution is 0.471. The highest BCUT2D eigenvalue weighted by Gasteiger charge is 2.14. The van der Waals surface area contributed by atoms with Crippen molar-refractivity contribution in [2.75, 3.05) is 5.32 Å². The Morgan fingerprint density at radius 2 is 2.05 bits per heavy atom. The molecule has 0 fully saturated rings. The van der Waals surface area contributed by atoms with Gasteiger partial charge in [0.15, 0.2) is 10.5 Å². The molecule has 21 heavy (non-hydrogen) atoms. The number of anilines is 1. The average molecular weight is 347 g/mol. The fourth-order valence-corrected chi connectivity index (χ4v) is 2.52. The zero-order valence-electron chi connectivity index (χ0n) is 11.7. The fraction of sp³-hybridized carbons (Fsp3) is 0.200. The lowest BCUT2D eigenvalue weighted by Gasteiger charge is -2.16. The van der Waals surface area contributed by atoms with Crippen LogP contribution in [0.2, 0.25) is 0 Å². The van der Waals surface area contributed by atoms with Gasteiger partial charge in [-0.15, -0.1) is 10.2 Å². The number of para-hydroxylation sites is 1. The molecule has 0 saturated heterocycles. The third-order valence-electron chi connectivity index (χ3n) is 3.27. The number of aryl methyl sites for hydroxylation is 1. The zero-order chi connectivity index (χ0) is 14.8. The third-order valence-corrected chi connectivity index (χ3v) is 3.70. The molecule has 1 unspecified atom stereocenters. The van der Waals surface area contributed by atoms with Crippen molar-refractivity contribution in [3.05, 3.63) is 53.2 Å². The molecule has 0 saturated carbocycles. The van der Waals surface area contributed by atoms with Crippen LogP contribution in [-0.4, -0.2) is 14.8 Å². The molecule has 0 amide bonds. The molecule has 0 aliphatic heterocycles. The molecule has 0 spiro atoms. The van der Waals surface area contributed by atoms with Crippen molar-refractivity contribution in [2.45, 2.75) is 13.0 Å². The maximum Gasteiger partial charge on any atom is 0.169 e. The summed E-state index contributed by atoms with van der Waals surface area (Å²) in [6, 6.07) is 11.9. The molecule has 0 aliphatic carbocycles. The molecule has 3 rings (SSSR count). The number of rotatable bonds is 4. The maximum atomic E-state index is 5.59. The standard InChI is InChI=1S/C15H15BrN4O/c1-10(13-7-8-14(16)21-13)18-12-6-4-3-5-11(12)15-19-17-9-20(15)2/h3-10,18H,1-2H3. The molecule has 6 heteroatoms. The first-order chi connectivity index (χ1) is 10.1. The highest BCUT2D eigenvalue weighted by atomic mass is 79.9. The van der Waals surface area contributed by atoms with Crippen LogP contribution in [0.25, 0.3) is 11.4 Å². The van der Waals surface area contributed by atoms with Crippen LogP contribution in [0.5, 0.6) is 0 Å². The van der Waals surface area contributed by atoms with E-state index in [2.05, 4.69) is 38.4 Å². The molecule has 1 aromatic carbocycles. The van der Waals surface area contributed by atoms with Gasteiger partial charge in [-0.2, -0.15) is 0 Å². The number of halogens is 1. The van der Waals surface area contributed by atoms with Gasteiger partial charge >= 0.3 is 0 Å². The van der Waals surface area contributed by atoms with Gasteiger partial charge in [-0.25, -0.2) is 0 Å². The minimum Gasteiger partial charge on any atom is -0.452 e. The van der Waals surface area contributed by atoms with Crippen molar-refractivity contribution in [2.24, 2.45) is 7.05 Å². The van der Waals surface area contributed by atoms with Crippen LogP contribution in [-0.2, 0) is 7.05 Å². The van der Waals surface area contributed by atoms with Gasteiger partial charge in [-0.1, -0.05) is 12.1 Å². The molecule has 1 N–H and O–H groups in total. The number of furan rings is 1. The number of benzene rings is 1. The Bertz CT molecular complexity index is 749. The number of aromatic nitrogens is 3. The van der Waals surface area contributed by atoms with Gasteiger partial charge in [0.25, 0.3) is 0 Å². The average Bonchev–Trinajstić information content (AvgIpc) is 3.08. The SMILES string of the molecule is CC(Nc1ccccc1-c1nncn1C)c1ccc(Br)o1. The Morgan fingerprint density at radius 1 is 1.24 bits per heavy atom. The van der Waals surface area contributed by atoms with Crippen molar-refractivity contribution in [1.29, 1.82) is 0 Å². The van der Waals surface area contributed by atoms with Crippen LogP contribution < -0.4 is 5.32 Å². The van der Waals surface area contributed by atoms with E-state index in [0.29, 0.717) is 0 Å². The molecule has 0 aliphatic rings. The van der Waals surface area contributed by atoms with Gasteiger partial charge in [0.2, 0.25) is 0 Å². The Hall–Kier alpha value is -2.08. The van der Waals surface area contributed by atoms with Crippen molar-refractivity contribution >= 4 is 21.6 Å². The van der Waals surface area contributed by atoms with Gasteiger partial charge in [-0.05, 0) is 47.1 Å². The summed E-state index contributed by atoms with van der Waals surface area (Å²) in [4.78, 5) is 0. The van der Waals surface area contributed by atoms with Crippen LogP contribution >= 0.6 is 15.9 Å². The number of nitrogens with one attached hydrogen (secondary N) is 1. The summed E-state index contributed by atoms with van der Waals surface area (Å²) in [5, 5.41) is 11.6. The predicted molar refractivity (Wildman–Crippen MR) is 84.9 cm³/mol. The summed E-state index contributed by atoms with van der Waals surface area (Å²) < 4.78 is 8.22. The summed E-state index contributed by atoms with van der Waals surface area (Å²) in [5.41, 5.74) is 2.00. The second-order valence-electron chi connectivity index (χ2n) is 4.82. The van der Waals surface area contributed by atoms with Crippen molar-refractivity contribution in [3.8, 4) is 11.4 Å². The van der Waals surface area contributed by atoms with E-state index in [4.69, 9.17) is 4.42 Å². The highest BCUT2D eigenvalue weighted by Crippen LogP contribution is 2.30. The minimum atomic E-state index is 0.0469. The first kappa shape index (κ1) is 13.9. The zero-order valence-corrected chi connectivity index (χ0v) is 13.3. The summed E-state index contributed by atoms with van der Waals surface area (Å²) in [5.74, 6) is 1.69. The summed E-state index contributed by atoms with van der Waals surface area (Å²) in [7, 11) is 1.93. The van der Waals surface area contributed by atoms with Crippen molar-refractivity contribution in [1.82, 2.24) is 14.8 Å². The Labute approximate surface area is 131 Å². The van der Waals surface area contributed by atoms with Crippen LogP contribution in [0.4, 0.5) is 5.69 Å². The molecule has 2 heterocycles. The highest BCUT2D eigenvalue weighted by molar-refractivity contribution is 9.10. The lowest BCUT2D eigenvalue weighted by Crippen LogP contribution is -2.07. The quantitative estimate of drug-likeness (QED) is 0.775. The Morgan fingerprint density at radius 3 is 2.71 bits per heavy atom. The van der Waals surface area contributed by atoms with Crippen molar-refractivity contribution in [3.63, 3.8) is 0 Å². The Balaban J connectivity index is 1.91. The minimum absolute atomic E-state index is 0.0469. The van der Waals surface area contributed by atoms with E-state index in [-0.39, 0.29) is 6.04 Å². The first-order valence-electron chi connectivity index (χ1n) is 6.60. The van der Waals surface area contributed by atoms with E-state index in [9.17, 15) is 0 Å². The summed E-state index contributed by atoms with van der Waals surface area (Å²) in [6.45, 7) is 2.05. The number of hydrogen-bond donors (Lipinski definition) is 1. The molecular weight excluding hydrogens is 332 g/mol. The van der Waals surface area contributed by atoms with E-state index in [1.165, 1.54) is 0 Å². The molecular formula is C15H15BrN4O. The van der Waals surface area contributed by atoms with E-state index >= 15 is 0 Å². The summed E-state index contributed by atoms with van der Waals surface area (Å²) in [6.07, 6.45) is 1.69. The molecule has 5 nitrogen and oxygen atoms in total. The van der Waals surface area contributed by atoms with Gasteiger partial charge in [-0.3, -0.25) is 0 Å². The van der Waals surface area contributed by atoms with Gasteiger partial charge in [0, 0.05) is 18.3 Å². The molecule has 2 aromatic heterocycles. The van der Waals surface area contributed by atoms with Gasteiger partial charge in [0.1, 0.15) is 12.1 Å². The van der Waals surface area contributed by atoms with Gasteiger partial charge < -0.3 is 14.3 Å². The van der Waals surface area contributed by atoms with Crippen LogP contribution in [0.1, 0.15) is 18.7 Å². The number of hydrogen-bond acceptors (Lipinski definition) is 4. The first-order valence-corrected chi connectivity index (χ1v) is 7.39. The van der Waals surface area contributed by atoms with E-state index < -0.39 is 0 Å². The topological polar surface area (TPSA) is 55.9 Å². The summed E-state index contributed by atoms with van der Waals surface area (Å²) >= 11 is 3.33. The smallest absolute Gasteiger partial charge is 0.169 e. The van der Waals surface area contributed by atoms with E-state index in [1.807, 2.05) is 48.0 Å². The van der Waals surface area contributed by atoms with Crippen LogP contribution in [0.3, 0.4) is 0 Å². The maximum absolute atomic E-state index is 5.59. The second-order valence-corrected chi connectivity index (χ2v) is 5.60. The molecule has 0 radical (unpaired) electrons. The van der Waals surface area contributed by atoms with Crippen LogP contribution in [0, 0.1) is 0 Å². The normalized spacial score (nSPS) is 12.3. The lowest BCUT2D eigenvalue weighted by atomic mass is 10.1. The van der Waals surface area contributed by atoms with Crippen molar-refractivity contribution < 1.29 is 4.42 Å². The largest absolute Gasteiger partial charge is 0.452 e.